The molecule has 1 aromatic rings. The van der Waals surface area contributed by atoms with Gasteiger partial charge in [0.2, 0.25) is 0 Å². The first-order valence-electron chi connectivity index (χ1n) is 3.88. The largest absolute Gasteiger partial charge is 0.496 e. The van der Waals surface area contributed by atoms with Crippen molar-refractivity contribution in [2.24, 2.45) is 5.90 Å². The van der Waals surface area contributed by atoms with Gasteiger partial charge in [0, 0.05) is 10.6 Å². The summed E-state index contributed by atoms with van der Waals surface area (Å²) in [6, 6.07) is 5.32. The standard InChI is InChI=1S/C9H12ClNO2/c1-6(13-11)8-5-7(10)3-4-9(8)12-2/h3-6H,11H2,1-2H3. The van der Waals surface area contributed by atoms with Crippen molar-refractivity contribution in [3.63, 3.8) is 0 Å². The van der Waals surface area contributed by atoms with Crippen LogP contribution in [0.3, 0.4) is 0 Å². The molecular weight excluding hydrogens is 190 g/mol. The molecule has 0 aromatic heterocycles. The Morgan fingerprint density at radius 1 is 1.46 bits per heavy atom. The van der Waals surface area contributed by atoms with Crippen molar-refractivity contribution in [1.29, 1.82) is 0 Å². The highest BCUT2D eigenvalue weighted by molar-refractivity contribution is 6.30. The fraction of sp³-hybridized carbons (Fsp3) is 0.333. The average molecular weight is 202 g/mol. The Balaban J connectivity index is 3.07. The lowest BCUT2D eigenvalue weighted by atomic mass is 10.1. The lowest BCUT2D eigenvalue weighted by Gasteiger charge is -2.13. The number of hydrogen-bond acceptors (Lipinski definition) is 3. The number of nitrogens with two attached hydrogens (primary N) is 1. The first-order chi connectivity index (χ1) is 6.19. The molecule has 0 fully saturated rings. The molecule has 13 heavy (non-hydrogen) atoms. The summed E-state index contributed by atoms with van der Waals surface area (Å²) in [5.41, 5.74) is 0.845. The molecule has 0 aliphatic carbocycles. The summed E-state index contributed by atoms with van der Waals surface area (Å²) in [6.45, 7) is 1.83. The zero-order valence-corrected chi connectivity index (χ0v) is 8.34. The van der Waals surface area contributed by atoms with E-state index in [0.29, 0.717) is 5.02 Å². The maximum atomic E-state index is 5.82. The van der Waals surface area contributed by atoms with Crippen molar-refractivity contribution in [2.45, 2.75) is 13.0 Å². The van der Waals surface area contributed by atoms with E-state index in [2.05, 4.69) is 0 Å². The summed E-state index contributed by atoms with van der Waals surface area (Å²) >= 11 is 5.82. The fourth-order valence-corrected chi connectivity index (χ4v) is 1.28. The maximum absolute atomic E-state index is 5.82. The molecule has 0 radical (unpaired) electrons. The minimum Gasteiger partial charge on any atom is -0.496 e. The second-order valence-corrected chi connectivity index (χ2v) is 3.10. The molecule has 0 aliphatic rings. The number of methoxy groups -OCH3 is 1. The number of halogens is 1. The molecule has 0 spiro atoms. The first kappa shape index (κ1) is 10.3. The van der Waals surface area contributed by atoms with Gasteiger partial charge in [-0.1, -0.05) is 11.6 Å². The van der Waals surface area contributed by atoms with Crippen molar-refractivity contribution >= 4 is 11.6 Å². The van der Waals surface area contributed by atoms with E-state index >= 15 is 0 Å². The third-order valence-corrected chi connectivity index (χ3v) is 2.07. The van der Waals surface area contributed by atoms with Gasteiger partial charge in [-0.05, 0) is 25.1 Å². The van der Waals surface area contributed by atoms with Gasteiger partial charge in [0.1, 0.15) is 11.9 Å². The normalized spacial score (nSPS) is 12.6. The second-order valence-electron chi connectivity index (χ2n) is 2.66. The Labute approximate surface area is 82.4 Å². The van der Waals surface area contributed by atoms with E-state index in [1.807, 2.05) is 6.92 Å². The van der Waals surface area contributed by atoms with E-state index < -0.39 is 0 Å². The SMILES string of the molecule is COc1ccc(Cl)cc1C(C)ON. The van der Waals surface area contributed by atoms with Crippen LogP contribution in [0.2, 0.25) is 5.02 Å². The van der Waals surface area contributed by atoms with Gasteiger partial charge in [-0.15, -0.1) is 0 Å². The Kier molecular flexibility index (Phi) is 3.54. The van der Waals surface area contributed by atoms with E-state index in [-0.39, 0.29) is 6.10 Å². The summed E-state index contributed by atoms with van der Waals surface area (Å²) in [4.78, 5) is 4.70. The molecule has 1 atom stereocenters. The van der Waals surface area contributed by atoms with Crippen molar-refractivity contribution < 1.29 is 9.57 Å². The highest BCUT2D eigenvalue weighted by atomic mass is 35.5. The van der Waals surface area contributed by atoms with E-state index in [0.717, 1.165) is 11.3 Å². The molecular formula is C9H12ClNO2. The van der Waals surface area contributed by atoms with Gasteiger partial charge in [-0.2, -0.15) is 0 Å². The Morgan fingerprint density at radius 3 is 2.69 bits per heavy atom. The van der Waals surface area contributed by atoms with Crippen LogP contribution in [0.5, 0.6) is 5.75 Å². The third kappa shape index (κ3) is 2.34. The molecule has 1 aromatic carbocycles. The van der Waals surface area contributed by atoms with Crippen molar-refractivity contribution in [3.05, 3.63) is 28.8 Å². The van der Waals surface area contributed by atoms with Gasteiger partial charge in [0.05, 0.1) is 7.11 Å². The second kappa shape index (κ2) is 4.46. The molecule has 4 heteroatoms. The van der Waals surface area contributed by atoms with Crippen LogP contribution in [0.1, 0.15) is 18.6 Å². The highest BCUT2D eigenvalue weighted by Crippen LogP contribution is 2.29. The van der Waals surface area contributed by atoms with E-state index in [1.165, 1.54) is 0 Å². The van der Waals surface area contributed by atoms with Crippen molar-refractivity contribution in [2.75, 3.05) is 7.11 Å². The van der Waals surface area contributed by atoms with Gasteiger partial charge in [-0.3, -0.25) is 4.84 Å². The van der Waals surface area contributed by atoms with E-state index in [9.17, 15) is 0 Å². The Morgan fingerprint density at radius 2 is 2.15 bits per heavy atom. The first-order valence-corrected chi connectivity index (χ1v) is 4.25. The monoisotopic (exact) mass is 201 g/mol. The smallest absolute Gasteiger partial charge is 0.124 e. The lowest BCUT2D eigenvalue weighted by molar-refractivity contribution is 0.0646. The number of benzene rings is 1. The average Bonchev–Trinajstić information content (AvgIpc) is 2.16. The van der Waals surface area contributed by atoms with Crippen LogP contribution in [0.25, 0.3) is 0 Å². The molecule has 2 N–H and O–H groups in total. The summed E-state index contributed by atoms with van der Waals surface area (Å²) in [6.07, 6.45) is -0.228. The summed E-state index contributed by atoms with van der Waals surface area (Å²) < 4.78 is 5.13. The zero-order chi connectivity index (χ0) is 9.84. The quantitative estimate of drug-likeness (QED) is 0.764. The molecule has 0 heterocycles. The van der Waals surface area contributed by atoms with Gasteiger partial charge < -0.3 is 4.74 Å². The molecule has 1 unspecified atom stereocenters. The predicted octanol–water partition coefficient (Wildman–Crippen LogP) is 2.30. The molecule has 0 amide bonds. The topological polar surface area (TPSA) is 44.5 Å². The van der Waals surface area contributed by atoms with Gasteiger partial charge in [-0.25, -0.2) is 5.90 Å². The van der Waals surface area contributed by atoms with Crippen LogP contribution in [-0.2, 0) is 4.84 Å². The molecule has 1 rings (SSSR count). The maximum Gasteiger partial charge on any atom is 0.124 e. The summed E-state index contributed by atoms with van der Waals surface area (Å²) in [5.74, 6) is 5.80. The predicted molar refractivity (Wildman–Crippen MR) is 51.7 cm³/mol. The van der Waals surface area contributed by atoms with Crippen molar-refractivity contribution in [3.8, 4) is 5.75 Å². The minimum absolute atomic E-state index is 0.228. The van der Waals surface area contributed by atoms with E-state index in [4.69, 9.17) is 27.1 Å². The van der Waals surface area contributed by atoms with E-state index in [1.54, 1.807) is 25.3 Å². The summed E-state index contributed by atoms with van der Waals surface area (Å²) in [5, 5.41) is 0.639. The fourth-order valence-electron chi connectivity index (χ4n) is 1.10. The zero-order valence-electron chi connectivity index (χ0n) is 7.58. The van der Waals surface area contributed by atoms with Crippen LogP contribution >= 0.6 is 11.6 Å². The molecule has 0 bridgehead atoms. The van der Waals surface area contributed by atoms with Crippen LogP contribution in [-0.4, -0.2) is 7.11 Å². The third-order valence-electron chi connectivity index (χ3n) is 1.83. The minimum atomic E-state index is -0.228. The van der Waals surface area contributed by atoms with Crippen molar-refractivity contribution in [1.82, 2.24) is 0 Å². The van der Waals surface area contributed by atoms with Crippen LogP contribution in [0.4, 0.5) is 0 Å². The molecule has 0 aliphatic heterocycles. The number of hydrogen-bond donors (Lipinski definition) is 1. The van der Waals surface area contributed by atoms with Crippen LogP contribution in [0.15, 0.2) is 18.2 Å². The molecule has 0 saturated heterocycles. The number of ether oxygens (including phenoxy) is 1. The Hall–Kier alpha value is -0.770. The molecule has 0 saturated carbocycles. The summed E-state index contributed by atoms with van der Waals surface area (Å²) in [7, 11) is 1.59. The Bertz CT molecular complexity index is 291. The van der Waals surface area contributed by atoms with Gasteiger partial charge in [0.15, 0.2) is 0 Å². The molecule has 72 valence electrons. The van der Waals surface area contributed by atoms with Crippen LogP contribution in [0, 0.1) is 0 Å². The van der Waals surface area contributed by atoms with Crippen LogP contribution < -0.4 is 10.6 Å². The number of rotatable bonds is 3. The van der Waals surface area contributed by atoms with Gasteiger partial charge >= 0.3 is 0 Å². The molecule has 3 nitrogen and oxygen atoms in total. The van der Waals surface area contributed by atoms with Gasteiger partial charge in [0.25, 0.3) is 0 Å². The highest BCUT2D eigenvalue weighted by Gasteiger charge is 2.11. The lowest BCUT2D eigenvalue weighted by Crippen LogP contribution is -2.06.